The average Bonchev–Trinajstić information content (AvgIpc) is 3.60. The van der Waals surface area contributed by atoms with Gasteiger partial charge in [-0.3, -0.25) is 9.59 Å². The molecule has 2 aliphatic heterocycles. The Kier molecular flexibility index (Phi) is 8.13. The van der Waals surface area contributed by atoms with E-state index < -0.39 is 0 Å². The van der Waals surface area contributed by atoms with Gasteiger partial charge in [-0.15, -0.1) is 11.3 Å². The van der Waals surface area contributed by atoms with Crippen LogP contribution in [0.5, 0.6) is 5.75 Å². The van der Waals surface area contributed by atoms with E-state index in [1.165, 1.54) is 4.88 Å². The lowest BCUT2D eigenvalue weighted by Gasteiger charge is -2.37. The first-order valence-corrected chi connectivity index (χ1v) is 14.0. The van der Waals surface area contributed by atoms with Gasteiger partial charge in [0, 0.05) is 35.2 Å². The Bertz CT molecular complexity index is 1240. The van der Waals surface area contributed by atoms with E-state index in [4.69, 9.17) is 21.1 Å². The molecule has 6 nitrogen and oxygen atoms in total. The summed E-state index contributed by atoms with van der Waals surface area (Å²) in [4.78, 5) is 32.3. The molecule has 0 spiro atoms. The van der Waals surface area contributed by atoms with Crippen LogP contribution in [0.3, 0.4) is 0 Å². The maximum atomic E-state index is 13.8. The van der Waals surface area contributed by atoms with Crippen LogP contribution in [0.25, 0.3) is 0 Å². The van der Waals surface area contributed by atoms with Crippen molar-refractivity contribution >= 4 is 34.8 Å². The number of aryl methyl sites for hydroxylation is 1. The van der Waals surface area contributed by atoms with Crippen LogP contribution >= 0.6 is 22.9 Å². The zero-order valence-electron chi connectivity index (χ0n) is 20.9. The van der Waals surface area contributed by atoms with Gasteiger partial charge in [0.1, 0.15) is 18.9 Å². The van der Waals surface area contributed by atoms with E-state index in [1.807, 2.05) is 48.2 Å². The second kappa shape index (κ2) is 11.7. The molecule has 5 rings (SSSR count). The van der Waals surface area contributed by atoms with Crippen molar-refractivity contribution in [2.45, 2.75) is 38.3 Å². The average molecular weight is 539 g/mol. The molecule has 2 atom stereocenters. The predicted molar refractivity (Wildman–Crippen MR) is 145 cm³/mol. The molecule has 0 N–H and O–H groups in total. The molecule has 194 valence electrons. The number of thiophene rings is 1. The summed E-state index contributed by atoms with van der Waals surface area (Å²) < 4.78 is 11.9. The van der Waals surface area contributed by atoms with Gasteiger partial charge >= 0.3 is 0 Å². The Labute approximate surface area is 226 Å². The Balaban J connectivity index is 1.36. The number of hydrogen-bond acceptors (Lipinski definition) is 5. The maximum Gasteiger partial charge on any atom is 0.254 e. The van der Waals surface area contributed by atoms with E-state index in [0.29, 0.717) is 42.6 Å². The monoisotopic (exact) mass is 538 g/mol. The molecule has 2 aliphatic rings. The fraction of sp³-hybridized carbons (Fsp3) is 0.379. The summed E-state index contributed by atoms with van der Waals surface area (Å²) in [5, 5.41) is 2.71. The molecule has 1 fully saturated rings. The molecule has 3 aromatic rings. The largest absolute Gasteiger partial charge is 0.491 e. The van der Waals surface area contributed by atoms with Crippen LogP contribution < -0.4 is 4.74 Å². The van der Waals surface area contributed by atoms with Crippen molar-refractivity contribution in [2.24, 2.45) is 0 Å². The van der Waals surface area contributed by atoms with Crippen molar-refractivity contribution in [3.63, 3.8) is 0 Å². The van der Waals surface area contributed by atoms with Crippen molar-refractivity contribution in [3.8, 4) is 5.75 Å². The molecule has 0 radical (unpaired) electrons. The number of carbonyl (C=O) groups excluding carboxylic acids is 2. The normalized spacial score (nSPS) is 18.9. The molecule has 37 heavy (non-hydrogen) atoms. The molecule has 8 heteroatoms. The first-order chi connectivity index (χ1) is 18.0. The summed E-state index contributed by atoms with van der Waals surface area (Å²) in [7, 11) is 0. The van der Waals surface area contributed by atoms with E-state index in [0.717, 1.165) is 30.4 Å². The van der Waals surface area contributed by atoms with Gasteiger partial charge < -0.3 is 19.3 Å². The topological polar surface area (TPSA) is 59.1 Å². The molecule has 1 saturated heterocycles. The third-order valence-electron chi connectivity index (χ3n) is 7.07. The second-order valence-corrected chi connectivity index (χ2v) is 11.0. The summed E-state index contributed by atoms with van der Waals surface area (Å²) >= 11 is 7.73. The number of hydrogen-bond donors (Lipinski definition) is 0. The van der Waals surface area contributed by atoms with Gasteiger partial charge in [-0.05, 0) is 79.1 Å². The van der Waals surface area contributed by atoms with Crippen LogP contribution in [0.4, 0.5) is 0 Å². The van der Waals surface area contributed by atoms with Crippen molar-refractivity contribution in [1.82, 2.24) is 9.80 Å². The SMILES string of the molecule is Cc1ccccc1C(=O)N(CC(=O)N1CCc2sccc2[C@@H]1COc1ccc(Cl)cc1)C[C@@H]1CCCO1. The summed E-state index contributed by atoms with van der Waals surface area (Å²) in [6.45, 7) is 3.95. The molecular weight excluding hydrogens is 508 g/mol. The summed E-state index contributed by atoms with van der Waals surface area (Å²) in [5.74, 6) is 0.486. The third kappa shape index (κ3) is 6.00. The minimum atomic E-state index is -0.226. The molecule has 1 aromatic heterocycles. The number of nitrogens with zero attached hydrogens (tertiary/aromatic N) is 2. The number of carbonyl (C=O) groups is 2. The summed E-state index contributed by atoms with van der Waals surface area (Å²) in [6, 6.07) is 16.6. The van der Waals surface area contributed by atoms with Crippen LogP contribution in [-0.2, 0) is 16.0 Å². The lowest BCUT2D eigenvalue weighted by molar-refractivity contribution is -0.135. The van der Waals surface area contributed by atoms with E-state index in [-0.39, 0.29) is 30.5 Å². The number of halogens is 1. The molecule has 0 unspecified atom stereocenters. The fourth-order valence-electron chi connectivity index (χ4n) is 5.07. The molecule has 3 heterocycles. The molecule has 2 aromatic carbocycles. The van der Waals surface area contributed by atoms with Gasteiger partial charge in [-0.25, -0.2) is 0 Å². The van der Waals surface area contributed by atoms with Gasteiger partial charge in [0.05, 0.1) is 12.1 Å². The van der Waals surface area contributed by atoms with Crippen LogP contribution in [-0.4, -0.2) is 60.6 Å². The van der Waals surface area contributed by atoms with Gasteiger partial charge in [-0.2, -0.15) is 0 Å². The van der Waals surface area contributed by atoms with Crippen molar-refractivity contribution in [1.29, 1.82) is 0 Å². The van der Waals surface area contributed by atoms with Crippen molar-refractivity contribution < 1.29 is 19.1 Å². The zero-order chi connectivity index (χ0) is 25.8. The number of fused-ring (bicyclic) bond motifs is 1. The lowest BCUT2D eigenvalue weighted by atomic mass is 10.00. The van der Waals surface area contributed by atoms with Crippen molar-refractivity contribution in [3.05, 3.63) is 86.6 Å². The minimum absolute atomic E-state index is 0.00391. The molecule has 0 bridgehead atoms. The molecule has 2 amide bonds. The van der Waals surface area contributed by atoms with E-state index >= 15 is 0 Å². The highest BCUT2D eigenvalue weighted by Gasteiger charge is 2.34. The zero-order valence-corrected chi connectivity index (χ0v) is 22.5. The highest BCUT2D eigenvalue weighted by atomic mass is 35.5. The van der Waals surface area contributed by atoms with E-state index in [2.05, 4.69) is 11.4 Å². The molecular formula is C29H31ClN2O4S. The minimum Gasteiger partial charge on any atom is -0.491 e. The highest BCUT2D eigenvalue weighted by molar-refractivity contribution is 7.10. The smallest absolute Gasteiger partial charge is 0.254 e. The van der Waals surface area contributed by atoms with E-state index in [1.54, 1.807) is 28.4 Å². The van der Waals surface area contributed by atoms with Gasteiger partial charge in [0.2, 0.25) is 5.91 Å². The maximum absolute atomic E-state index is 13.8. The van der Waals surface area contributed by atoms with Crippen LogP contribution in [0, 0.1) is 6.92 Å². The lowest BCUT2D eigenvalue weighted by Crippen LogP contribution is -2.49. The first-order valence-electron chi connectivity index (χ1n) is 12.7. The first kappa shape index (κ1) is 25.8. The van der Waals surface area contributed by atoms with Gasteiger partial charge in [0.15, 0.2) is 0 Å². The van der Waals surface area contributed by atoms with Gasteiger partial charge in [-0.1, -0.05) is 29.8 Å². The number of rotatable bonds is 8. The summed E-state index contributed by atoms with van der Waals surface area (Å²) in [5.41, 5.74) is 2.64. The number of amides is 2. The standard InChI is InChI=1S/C29H31ClN2O4S/c1-20-5-2-3-7-24(20)29(34)31(17-23-6-4-15-35-23)18-28(33)32-14-12-27-25(13-16-37-27)26(32)19-36-22-10-8-21(30)9-11-22/h2-3,5,7-11,13,16,23,26H,4,6,12,14-15,17-19H2,1H3/t23-,26-/m0/s1. The third-order valence-corrected chi connectivity index (χ3v) is 8.32. The van der Waals surface area contributed by atoms with Crippen LogP contribution in [0.2, 0.25) is 5.02 Å². The Hall–Kier alpha value is -2.87. The van der Waals surface area contributed by atoms with Crippen LogP contribution in [0.1, 0.15) is 45.2 Å². The molecule has 0 aliphatic carbocycles. The Morgan fingerprint density at radius 2 is 1.97 bits per heavy atom. The van der Waals surface area contributed by atoms with Crippen LogP contribution in [0.15, 0.2) is 60.0 Å². The number of benzene rings is 2. The van der Waals surface area contributed by atoms with Crippen molar-refractivity contribution in [2.75, 3.05) is 32.8 Å². The number of ether oxygens (including phenoxy) is 2. The highest BCUT2D eigenvalue weighted by Crippen LogP contribution is 2.34. The Morgan fingerprint density at radius 3 is 2.73 bits per heavy atom. The molecule has 0 saturated carbocycles. The van der Waals surface area contributed by atoms with Gasteiger partial charge in [0.25, 0.3) is 5.91 Å². The summed E-state index contributed by atoms with van der Waals surface area (Å²) in [6.07, 6.45) is 2.62. The Morgan fingerprint density at radius 1 is 1.16 bits per heavy atom. The van der Waals surface area contributed by atoms with E-state index in [9.17, 15) is 9.59 Å². The predicted octanol–water partition coefficient (Wildman–Crippen LogP) is 5.54. The quantitative estimate of drug-likeness (QED) is 0.378. The second-order valence-electron chi connectivity index (χ2n) is 9.55. The fourth-order valence-corrected chi connectivity index (χ4v) is 6.13.